The average Bonchev–Trinajstić information content (AvgIpc) is 2.99. The molecule has 5 heteroatoms. The highest BCUT2D eigenvalue weighted by molar-refractivity contribution is 5.75. The van der Waals surface area contributed by atoms with Crippen molar-refractivity contribution in [1.82, 2.24) is 20.3 Å². The van der Waals surface area contributed by atoms with Crippen LogP contribution >= 0.6 is 0 Å². The summed E-state index contributed by atoms with van der Waals surface area (Å²) >= 11 is 0. The molecule has 0 atom stereocenters. The number of hydrogen-bond acceptors (Lipinski definition) is 3. The van der Waals surface area contributed by atoms with Crippen LogP contribution in [0.25, 0.3) is 0 Å². The van der Waals surface area contributed by atoms with E-state index in [2.05, 4.69) is 22.6 Å². The monoisotopic (exact) mass is 308 g/mol. The molecule has 1 N–H and O–H groups in total. The summed E-state index contributed by atoms with van der Waals surface area (Å²) in [5, 5.41) is 10.9. The Morgan fingerprint density at radius 2 is 1.73 bits per heavy atom. The number of nitrogens with zero attached hydrogens (tertiary/aromatic N) is 3. The van der Waals surface area contributed by atoms with Crippen molar-refractivity contribution in [3.63, 3.8) is 0 Å². The molecule has 0 radical (unpaired) electrons. The van der Waals surface area contributed by atoms with Gasteiger partial charge in [0.2, 0.25) is 5.91 Å². The predicted octanol–water partition coefficient (Wildman–Crippen LogP) is 3.49. The molecule has 1 rings (SSSR count). The Bertz CT molecular complexity index is 403. The fraction of sp³-hybridized carbons (Fsp3) is 0.824. The van der Waals surface area contributed by atoms with E-state index in [0.717, 1.165) is 18.7 Å². The molecule has 0 unspecified atom stereocenters. The van der Waals surface area contributed by atoms with Gasteiger partial charge in [0, 0.05) is 32.6 Å². The van der Waals surface area contributed by atoms with Gasteiger partial charge in [0.15, 0.2) is 0 Å². The van der Waals surface area contributed by atoms with Crippen LogP contribution in [0, 0.1) is 0 Å². The number of hydrogen-bond donors (Lipinski definition) is 1. The lowest BCUT2D eigenvalue weighted by Gasteiger charge is -2.02. The molecule has 0 aliphatic heterocycles. The van der Waals surface area contributed by atoms with E-state index in [-0.39, 0.29) is 5.91 Å². The molecule has 1 amide bonds. The molecule has 0 bridgehead atoms. The summed E-state index contributed by atoms with van der Waals surface area (Å²) in [5.74, 6) is 0.0495. The Hall–Kier alpha value is -1.39. The Morgan fingerprint density at radius 3 is 2.36 bits per heavy atom. The number of carbonyl (C=O) groups excluding carboxylic acids is 1. The van der Waals surface area contributed by atoms with Gasteiger partial charge in [0.25, 0.3) is 0 Å². The maximum absolute atomic E-state index is 11.2. The molecule has 1 heterocycles. The molecule has 0 saturated heterocycles. The summed E-state index contributed by atoms with van der Waals surface area (Å²) in [6.45, 7) is 3.19. The summed E-state index contributed by atoms with van der Waals surface area (Å²) in [6.07, 6.45) is 15.1. The fourth-order valence-corrected chi connectivity index (χ4v) is 2.51. The SMILES string of the molecule is CCCCCCCCCCCn1cc(CCC(=O)NC)nn1. The predicted molar refractivity (Wildman–Crippen MR) is 89.6 cm³/mol. The van der Waals surface area contributed by atoms with Crippen molar-refractivity contribution in [3.05, 3.63) is 11.9 Å². The van der Waals surface area contributed by atoms with Crippen LogP contribution in [-0.4, -0.2) is 27.9 Å². The number of carbonyl (C=O) groups is 1. The topological polar surface area (TPSA) is 59.8 Å². The highest BCUT2D eigenvalue weighted by atomic mass is 16.1. The Balaban J connectivity index is 2.01. The van der Waals surface area contributed by atoms with Crippen LogP contribution in [0.5, 0.6) is 0 Å². The van der Waals surface area contributed by atoms with Crippen molar-refractivity contribution in [2.75, 3.05) is 7.05 Å². The third-order valence-corrected chi connectivity index (χ3v) is 3.96. The van der Waals surface area contributed by atoms with Gasteiger partial charge in [0.05, 0.1) is 5.69 Å². The minimum atomic E-state index is 0.0495. The Labute approximate surface area is 134 Å². The molecular weight excluding hydrogens is 276 g/mol. The van der Waals surface area contributed by atoms with E-state index in [9.17, 15) is 4.79 Å². The molecule has 0 aliphatic rings. The number of unbranched alkanes of at least 4 members (excludes halogenated alkanes) is 8. The number of aromatic nitrogens is 3. The second-order valence-electron chi connectivity index (χ2n) is 5.97. The molecule has 0 saturated carbocycles. The number of rotatable bonds is 13. The lowest BCUT2D eigenvalue weighted by Crippen LogP contribution is -2.17. The standard InChI is InChI=1S/C17H32N4O/c1-3-4-5-6-7-8-9-10-11-14-21-15-16(19-20-21)12-13-17(22)18-2/h15H,3-14H2,1-2H3,(H,18,22). The van der Waals surface area contributed by atoms with Gasteiger partial charge in [-0.15, -0.1) is 5.10 Å². The first-order chi connectivity index (χ1) is 10.8. The van der Waals surface area contributed by atoms with Gasteiger partial charge < -0.3 is 5.32 Å². The molecule has 0 aromatic carbocycles. The van der Waals surface area contributed by atoms with Crippen LogP contribution in [0.15, 0.2) is 6.20 Å². The normalized spacial score (nSPS) is 10.8. The summed E-state index contributed by atoms with van der Waals surface area (Å²) in [7, 11) is 1.66. The van der Waals surface area contributed by atoms with Crippen LogP contribution < -0.4 is 5.32 Å². The van der Waals surface area contributed by atoms with Crippen molar-refractivity contribution >= 4 is 5.91 Å². The third kappa shape index (κ3) is 8.80. The van der Waals surface area contributed by atoms with Crippen LogP contribution in [-0.2, 0) is 17.8 Å². The summed E-state index contributed by atoms with van der Waals surface area (Å²) in [5.41, 5.74) is 0.902. The highest BCUT2D eigenvalue weighted by Crippen LogP contribution is 2.10. The van der Waals surface area contributed by atoms with Crippen molar-refractivity contribution in [1.29, 1.82) is 0 Å². The van der Waals surface area contributed by atoms with E-state index in [4.69, 9.17) is 0 Å². The van der Waals surface area contributed by atoms with Gasteiger partial charge in [-0.1, -0.05) is 63.5 Å². The minimum absolute atomic E-state index is 0.0495. The number of aryl methyl sites for hydroxylation is 2. The second kappa shape index (κ2) is 12.2. The third-order valence-electron chi connectivity index (χ3n) is 3.96. The number of nitrogens with one attached hydrogen (secondary N) is 1. The average molecular weight is 308 g/mol. The summed E-state index contributed by atoms with van der Waals surface area (Å²) in [6, 6.07) is 0. The zero-order chi connectivity index (χ0) is 16.0. The van der Waals surface area contributed by atoms with E-state index >= 15 is 0 Å². The van der Waals surface area contributed by atoms with Gasteiger partial charge in [-0.05, 0) is 6.42 Å². The highest BCUT2D eigenvalue weighted by Gasteiger charge is 2.04. The van der Waals surface area contributed by atoms with Crippen LogP contribution in [0.3, 0.4) is 0 Å². The minimum Gasteiger partial charge on any atom is -0.359 e. The maximum atomic E-state index is 11.2. The molecule has 126 valence electrons. The smallest absolute Gasteiger partial charge is 0.220 e. The van der Waals surface area contributed by atoms with Crippen molar-refractivity contribution in [2.24, 2.45) is 0 Å². The molecule has 22 heavy (non-hydrogen) atoms. The zero-order valence-corrected chi connectivity index (χ0v) is 14.3. The Morgan fingerprint density at radius 1 is 1.09 bits per heavy atom. The molecule has 1 aromatic heterocycles. The van der Waals surface area contributed by atoms with E-state index in [1.54, 1.807) is 7.05 Å². The van der Waals surface area contributed by atoms with E-state index < -0.39 is 0 Å². The van der Waals surface area contributed by atoms with E-state index in [1.807, 2.05) is 10.9 Å². The summed E-state index contributed by atoms with van der Waals surface area (Å²) < 4.78 is 1.90. The van der Waals surface area contributed by atoms with Gasteiger partial charge in [-0.25, -0.2) is 0 Å². The number of amides is 1. The maximum Gasteiger partial charge on any atom is 0.220 e. The van der Waals surface area contributed by atoms with Gasteiger partial charge in [0.1, 0.15) is 0 Å². The molecule has 1 aromatic rings. The Kier molecular flexibility index (Phi) is 10.3. The van der Waals surface area contributed by atoms with Crippen LogP contribution in [0.1, 0.15) is 76.8 Å². The summed E-state index contributed by atoms with van der Waals surface area (Å²) in [4.78, 5) is 11.2. The van der Waals surface area contributed by atoms with Crippen LogP contribution in [0.2, 0.25) is 0 Å². The molecule has 0 aliphatic carbocycles. The van der Waals surface area contributed by atoms with Crippen molar-refractivity contribution in [3.8, 4) is 0 Å². The van der Waals surface area contributed by atoms with Gasteiger partial charge in [-0.2, -0.15) is 0 Å². The molecule has 0 fully saturated rings. The van der Waals surface area contributed by atoms with E-state index in [0.29, 0.717) is 12.8 Å². The van der Waals surface area contributed by atoms with Gasteiger partial charge >= 0.3 is 0 Å². The zero-order valence-electron chi connectivity index (χ0n) is 14.3. The van der Waals surface area contributed by atoms with Crippen LogP contribution in [0.4, 0.5) is 0 Å². The second-order valence-corrected chi connectivity index (χ2v) is 5.97. The first-order valence-electron chi connectivity index (χ1n) is 8.86. The molecule has 0 spiro atoms. The van der Waals surface area contributed by atoms with Crippen molar-refractivity contribution < 1.29 is 4.79 Å². The first kappa shape index (κ1) is 18.7. The fourth-order valence-electron chi connectivity index (χ4n) is 2.51. The first-order valence-corrected chi connectivity index (χ1v) is 8.86. The molecule has 5 nitrogen and oxygen atoms in total. The lowest BCUT2D eigenvalue weighted by atomic mass is 10.1. The largest absolute Gasteiger partial charge is 0.359 e. The van der Waals surface area contributed by atoms with E-state index in [1.165, 1.54) is 51.4 Å². The lowest BCUT2D eigenvalue weighted by molar-refractivity contribution is -0.120. The molecular formula is C17H32N4O. The quantitative estimate of drug-likeness (QED) is 0.567. The van der Waals surface area contributed by atoms with Gasteiger partial charge in [-0.3, -0.25) is 9.48 Å². The van der Waals surface area contributed by atoms with Crippen molar-refractivity contribution in [2.45, 2.75) is 84.1 Å².